The molecule has 0 aliphatic carbocycles. The topological polar surface area (TPSA) is 69.6 Å². The molecule has 0 saturated carbocycles. The van der Waals surface area contributed by atoms with Crippen molar-refractivity contribution in [3.8, 4) is 0 Å². The number of nitrogens with one attached hydrogen (secondary N) is 1. The second-order valence-corrected chi connectivity index (χ2v) is 6.35. The van der Waals surface area contributed by atoms with E-state index in [1.807, 2.05) is 29.2 Å². The summed E-state index contributed by atoms with van der Waals surface area (Å²) >= 11 is 0. The zero-order valence-electron chi connectivity index (χ0n) is 14.2. The zero-order valence-corrected chi connectivity index (χ0v) is 14.2. The van der Waals surface area contributed by atoms with Crippen LogP contribution >= 0.6 is 0 Å². The van der Waals surface area contributed by atoms with Gasteiger partial charge < -0.3 is 15.3 Å². The Bertz CT molecular complexity index is 771. The first-order valence-corrected chi connectivity index (χ1v) is 8.50. The van der Waals surface area contributed by atoms with Crippen molar-refractivity contribution >= 4 is 17.6 Å². The molecule has 1 aliphatic heterocycles. The van der Waals surface area contributed by atoms with Crippen LogP contribution in [0, 0.1) is 0 Å². The van der Waals surface area contributed by atoms with Gasteiger partial charge in [0.05, 0.1) is 5.56 Å². The Morgan fingerprint density at radius 1 is 1.24 bits per heavy atom. The molecule has 1 amide bonds. The number of anilines is 1. The lowest BCUT2D eigenvalue weighted by Gasteiger charge is -2.19. The molecule has 5 nitrogen and oxygen atoms in total. The predicted octanol–water partition coefficient (Wildman–Crippen LogP) is 3.36. The third-order valence-corrected chi connectivity index (χ3v) is 4.57. The van der Waals surface area contributed by atoms with E-state index in [9.17, 15) is 9.59 Å². The summed E-state index contributed by atoms with van der Waals surface area (Å²) in [4.78, 5) is 24.6. The van der Waals surface area contributed by atoms with Crippen molar-refractivity contribution in [2.75, 3.05) is 11.4 Å². The van der Waals surface area contributed by atoms with E-state index in [2.05, 4.69) is 24.4 Å². The van der Waals surface area contributed by atoms with Crippen LogP contribution in [0.1, 0.15) is 47.3 Å². The number of amides is 1. The molecular weight excluding hydrogens is 316 g/mol. The molecule has 0 bridgehead atoms. The first-order chi connectivity index (χ1) is 12.0. The zero-order chi connectivity index (χ0) is 17.8. The van der Waals surface area contributed by atoms with Crippen LogP contribution in [0.15, 0.2) is 48.5 Å². The third-order valence-electron chi connectivity index (χ3n) is 4.57. The van der Waals surface area contributed by atoms with E-state index < -0.39 is 5.97 Å². The van der Waals surface area contributed by atoms with Crippen LogP contribution < -0.4 is 10.2 Å². The number of carbonyl (C=O) groups excluding carboxylic acids is 1. The van der Waals surface area contributed by atoms with E-state index in [-0.39, 0.29) is 11.9 Å². The van der Waals surface area contributed by atoms with E-state index in [0.717, 1.165) is 29.8 Å². The Morgan fingerprint density at radius 2 is 2.00 bits per heavy atom. The van der Waals surface area contributed by atoms with Crippen LogP contribution in [0.25, 0.3) is 0 Å². The van der Waals surface area contributed by atoms with Crippen LogP contribution in [0.5, 0.6) is 0 Å². The minimum atomic E-state index is -0.916. The van der Waals surface area contributed by atoms with E-state index in [1.54, 1.807) is 12.1 Å². The first kappa shape index (κ1) is 17.2. The van der Waals surface area contributed by atoms with Gasteiger partial charge in [0.1, 0.15) is 0 Å². The van der Waals surface area contributed by atoms with Crippen molar-refractivity contribution in [3.63, 3.8) is 0 Å². The van der Waals surface area contributed by atoms with Gasteiger partial charge in [-0.25, -0.2) is 4.79 Å². The molecule has 2 aromatic carbocycles. The van der Waals surface area contributed by atoms with Crippen LogP contribution in [-0.2, 0) is 11.3 Å². The molecule has 130 valence electrons. The molecule has 0 radical (unpaired) electrons. The largest absolute Gasteiger partial charge is 0.478 e. The molecule has 25 heavy (non-hydrogen) atoms. The fraction of sp³-hybridized carbons (Fsp3) is 0.300. The van der Waals surface area contributed by atoms with Gasteiger partial charge in [-0.05, 0) is 48.7 Å². The minimum Gasteiger partial charge on any atom is -0.478 e. The Labute approximate surface area is 147 Å². The molecule has 0 aromatic heterocycles. The highest BCUT2D eigenvalue weighted by atomic mass is 16.4. The Morgan fingerprint density at radius 3 is 2.64 bits per heavy atom. The van der Waals surface area contributed by atoms with Gasteiger partial charge in [0.15, 0.2) is 0 Å². The van der Waals surface area contributed by atoms with Gasteiger partial charge in [-0.2, -0.15) is 0 Å². The van der Waals surface area contributed by atoms with Gasteiger partial charge in [-0.15, -0.1) is 0 Å². The molecule has 3 rings (SSSR count). The maximum atomic E-state index is 11.9. The summed E-state index contributed by atoms with van der Waals surface area (Å²) in [7, 11) is 0. The summed E-state index contributed by atoms with van der Waals surface area (Å²) in [5, 5.41) is 12.4. The van der Waals surface area contributed by atoms with Gasteiger partial charge in [0.25, 0.3) is 0 Å². The van der Waals surface area contributed by atoms with Crippen molar-refractivity contribution in [3.05, 3.63) is 65.2 Å². The van der Waals surface area contributed by atoms with E-state index in [0.29, 0.717) is 18.5 Å². The lowest BCUT2D eigenvalue weighted by atomic mass is 10.1. The van der Waals surface area contributed by atoms with Gasteiger partial charge >= 0.3 is 5.97 Å². The average molecular weight is 338 g/mol. The molecule has 1 heterocycles. The summed E-state index contributed by atoms with van der Waals surface area (Å²) in [6.07, 6.45) is 1.55. The van der Waals surface area contributed by atoms with Crippen LogP contribution in [0.2, 0.25) is 0 Å². The van der Waals surface area contributed by atoms with Gasteiger partial charge in [0.2, 0.25) is 5.91 Å². The molecule has 1 unspecified atom stereocenters. The highest BCUT2D eigenvalue weighted by Crippen LogP contribution is 2.25. The smallest absolute Gasteiger partial charge is 0.335 e. The molecule has 1 atom stereocenters. The number of rotatable bonds is 6. The van der Waals surface area contributed by atoms with Crippen molar-refractivity contribution in [1.29, 1.82) is 0 Å². The number of hydrogen-bond donors (Lipinski definition) is 2. The molecule has 1 fully saturated rings. The SMILES string of the molecule is CC(NCc1ccc(C(=O)O)cc1)c1cccc(N2CCCC2=O)c1. The molecule has 0 spiro atoms. The number of benzene rings is 2. The number of aromatic carboxylic acids is 1. The fourth-order valence-corrected chi connectivity index (χ4v) is 3.04. The minimum absolute atomic E-state index is 0.122. The second-order valence-electron chi connectivity index (χ2n) is 6.35. The monoisotopic (exact) mass is 338 g/mol. The molecule has 2 aromatic rings. The molecule has 5 heteroatoms. The van der Waals surface area contributed by atoms with E-state index in [4.69, 9.17) is 5.11 Å². The van der Waals surface area contributed by atoms with E-state index >= 15 is 0 Å². The average Bonchev–Trinajstić information content (AvgIpc) is 3.06. The maximum absolute atomic E-state index is 11.9. The van der Waals surface area contributed by atoms with E-state index in [1.165, 1.54) is 0 Å². The van der Waals surface area contributed by atoms with Crippen molar-refractivity contribution in [2.45, 2.75) is 32.4 Å². The number of carboxylic acid groups (broad SMARTS) is 1. The molecule has 1 saturated heterocycles. The van der Waals surface area contributed by atoms with Crippen molar-refractivity contribution in [2.24, 2.45) is 0 Å². The summed E-state index contributed by atoms with van der Waals surface area (Å²) in [6.45, 7) is 3.52. The number of hydrogen-bond acceptors (Lipinski definition) is 3. The highest BCUT2D eigenvalue weighted by molar-refractivity contribution is 5.95. The fourth-order valence-electron chi connectivity index (χ4n) is 3.04. The molecule has 2 N–H and O–H groups in total. The van der Waals surface area contributed by atoms with Gasteiger partial charge in [0, 0.05) is 31.2 Å². The third kappa shape index (κ3) is 4.06. The molecular formula is C20H22N2O3. The lowest BCUT2D eigenvalue weighted by molar-refractivity contribution is -0.117. The summed E-state index contributed by atoms with van der Waals surface area (Å²) in [5.41, 5.74) is 3.40. The van der Waals surface area contributed by atoms with Crippen LogP contribution in [-0.4, -0.2) is 23.5 Å². The Kier molecular flexibility index (Phi) is 5.14. The standard InChI is InChI=1S/C20H22N2O3/c1-14(21-13-15-7-9-16(10-8-15)20(24)25)17-4-2-5-18(12-17)22-11-3-6-19(22)23/h2,4-5,7-10,12,14,21H,3,6,11,13H2,1H3,(H,24,25). The van der Waals surface area contributed by atoms with Gasteiger partial charge in [-0.1, -0.05) is 24.3 Å². The van der Waals surface area contributed by atoms with Crippen molar-refractivity contribution in [1.82, 2.24) is 5.32 Å². The highest BCUT2D eigenvalue weighted by Gasteiger charge is 2.22. The molecule has 1 aliphatic rings. The predicted molar refractivity (Wildman–Crippen MR) is 96.7 cm³/mol. The van der Waals surface area contributed by atoms with Crippen LogP contribution in [0.4, 0.5) is 5.69 Å². The number of carboxylic acids is 1. The summed E-state index contributed by atoms with van der Waals surface area (Å²) < 4.78 is 0. The second kappa shape index (κ2) is 7.49. The Balaban J connectivity index is 1.64. The number of carbonyl (C=O) groups is 2. The maximum Gasteiger partial charge on any atom is 0.335 e. The van der Waals surface area contributed by atoms with Crippen molar-refractivity contribution < 1.29 is 14.7 Å². The summed E-state index contributed by atoms with van der Waals surface area (Å²) in [6, 6.07) is 15.1. The first-order valence-electron chi connectivity index (χ1n) is 8.50. The summed E-state index contributed by atoms with van der Waals surface area (Å²) in [5.74, 6) is -0.725. The van der Waals surface area contributed by atoms with Gasteiger partial charge in [-0.3, -0.25) is 4.79 Å². The number of nitrogens with zero attached hydrogens (tertiary/aromatic N) is 1. The van der Waals surface area contributed by atoms with Crippen LogP contribution in [0.3, 0.4) is 0 Å². The Hall–Kier alpha value is -2.66. The lowest BCUT2D eigenvalue weighted by Crippen LogP contribution is -2.24. The quantitative estimate of drug-likeness (QED) is 0.847. The normalized spacial score (nSPS) is 15.4.